The van der Waals surface area contributed by atoms with E-state index in [0.29, 0.717) is 5.82 Å². The summed E-state index contributed by atoms with van der Waals surface area (Å²) < 4.78 is 0.943. The molecule has 1 aliphatic rings. The summed E-state index contributed by atoms with van der Waals surface area (Å²) in [5.41, 5.74) is 0.916. The van der Waals surface area contributed by atoms with Crippen molar-refractivity contribution in [3.63, 3.8) is 0 Å². The normalized spacial score (nSPS) is 23.5. The molecule has 1 heterocycles. The Labute approximate surface area is 119 Å². The number of aromatic nitrogens is 4. The van der Waals surface area contributed by atoms with Gasteiger partial charge in [0.2, 0.25) is 5.82 Å². The van der Waals surface area contributed by atoms with Crippen LogP contribution < -0.4 is 0 Å². The predicted octanol–water partition coefficient (Wildman–Crippen LogP) is 2.58. The van der Waals surface area contributed by atoms with Gasteiger partial charge >= 0.3 is 0 Å². The first-order valence-electron chi connectivity index (χ1n) is 6.48. The minimum absolute atomic E-state index is 0.0440. The molecule has 19 heavy (non-hydrogen) atoms. The fourth-order valence-corrected chi connectivity index (χ4v) is 2.94. The molecule has 1 aliphatic carbocycles. The minimum atomic E-state index is -0.366. The van der Waals surface area contributed by atoms with E-state index in [-0.39, 0.29) is 12.1 Å². The maximum atomic E-state index is 10.0. The average Bonchev–Trinajstić information content (AvgIpc) is 2.89. The Morgan fingerprint density at radius 3 is 2.79 bits per heavy atom. The van der Waals surface area contributed by atoms with E-state index in [1.54, 1.807) is 4.80 Å². The lowest BCUT2D eigenvalue weighted by Crippen LogP contribution is -2.29. The standard InChI is InChI=1S/C13H15BrN4O/c14-10-6-2-1-5-9(10)13-15-17-18(16-13)11-7-3-4-8-12(11)19/h1-2,5-6,11-12,19H,3-4,7-8H2/t11-,12+/m0/s1. The predicted molar refractivity (Wildman–Crippen MR) is 74.5 cm³/mol. The van der Waals surface area contributed by atoms with Crippen LogP contribution in [0.3, 0.4) is 0 Å². The molecule has 1 N–H and O–H groups in total. The van der Waals surface area contributed by atoms with Crippen molar-refractivity contribution in [3.05, 3.63) is 28.7 Å². The molecular weight excluding hydrogens is 308 g/mol. The van der Waals surface area contributed by atoms with Crippen molar-refractivity contribution in [1.29, 1.82) is 0 Å². The number of tetrazole rings is 1. The van der Waals surface area contributed by atoms with E-state index in [2.05, 4.69) is 31.3 Å². The quantitative estimate of drug-likeness (QED) is 0.923. The summed E-state index contributed by atoms with van der Waals surface area (Å²) in [6.45, 7) is 0. The second-order valence-corrected chi connectivity index (χ2v) is 5.69. The second kappa shape index (κ2) is 5.38. The zero-order valence-corrected chi connectivity index (χ0v) is 12.0. The summed E-state index contributed by atoms with van der Waals surface area (Å²) >= 11 is 3.48. The largest absolute Gasteiger partial charge is 0.391 e. The zero-order valence-electron chi connectivity index (χ0n) is 10.4. The van der Waals surface area contributed by atoms with Crippen LogP contribution >= 0.6 is 15.9 Å². The van der Waals surface area contributed by atoms with Crippen LogP contribution in [0.5, 0.6) is 0 Å². The highest BCUT2D eigenvalue weighted by molar-refractivity contribution is 9.10. The Hall–Kier alpha value is -1.27. The molecule has 2 aromatic rings. The molecule has 0 saturated heterocycles. The molecule has 6 heteroatoms. The molecule has 0 radical (unpaired) electrons. The molecule has 1 saturated carbocycles. The van der Waals surface area contributed by atoms with Crippen molar-refractivity contribution >= 4 is 15.9 Å². The number of hydrogen-bond acceptors (Lipinski definition) is 4. The summed E-state index contributed by atoms with van der Waals surface area (Å²) in [5, 5.41) is 22.6. The molecule has 1 aromatic heterocycles. The van der Waals surface area contributed by atoms with Gasteiger partial charge in [0.15, 0.2) is 0 Å². The van der Waals surface area contributed by atoms with E-state index in [9.17, 15) is 5.11 Å². The Bertz CT molecular complexity index is 571. The lowest BCUT2D eigenvalue weighted by Gasteiger charge is -2.25. The first-order chi connectivity index (χ1) is 9.25. The fourth-order valence-electron chi connectivity index (χ4n) is 2.48. The monoisotopic (exact) mass is 322 g/mol. The summed E-state index contributed by atoms with van der Waals surface area (Å²) in [6.07, 6.45) is 3.54. The Morgan fingerprint density at radius 1 is 1.21 bits per heavy atom. The van der Waals surface area contributed by atoms with Crippen molar-refractivity contribution in [1.82, 2.24) is 20.2 Å². The van der Waals surface area contributed by atoms with Crippen molar-refractivity contribution in [3.8, 4) is 11.4 Å². The van der Waals surface area contributed by atoms with Gasteiger partial charge in [-0.2, -0.15) is 4.80 Å². The highest BCUT2D eigenvalue weighted by Crippen LogP contribution is 2.29. The van der Waals surface area contributed by atoms with Gasteiger partial charge in [-0.25, -0.2) is 0 Å². The molecule has 0 spiro atoms. The summed E-state index contributed by atoms with van der Waals surface area (Å²) in [6, 6.07) is 7.74. The van der Waals surface area contributed by atoms with Gasteiger partial charge < -0.3 is 5.11 Å². The van der Waals surface area contributed by atoms with E-state index in [1.165, 1.54) is 0 Å². The molecular formula is C13H15BrN4O. The first kappa shape index (κ1) is 12.7. The molecule has 3 rings (SSSR count). The van der Waals surface area contributed by atoms with E-state index in [0.717, 1.165) is 35.7 Å². The number of benzene rings is 1. The van der Waals surface area contributed by atoms with Crippen LogP contribution in [0.1, 0.15) is 31.7 Å². The van der Waals surface area contributed by atoms with Crippen LogP contribution in [0.15, 0.2) is 28.7 Å². The van der Waals surface area contributed by atoms with Crippen molar-refractivity contribution < 1.29 is 5.11 Å². The molecule has 0 unspecified atom stereocenters. The van der Waals surface area contributed by atoms with E-state index < -0.39 is 0 Å². The molecule has 2 atom stereocenters. The zero-order chi connectivity index (χ0) is 13.2. The molecule has 0 aliphatic heterocycles. The third-order valence-corrected chi connectivity index (χ3v) is 4.23. The van der Waals surface area contributed by atoms with Crippen molar-refractivity contribution in [2.24, 2.45) is 0 Å². The van der Waals surface area contributed by atoms with Gasteiger partial charge in [-0.15, -0.1) is 10.2 Å². The third-order valence-electron chi connectivity index (χ3n) is 3.53. The fraction of sp³-hybridized carbons (Fsp3) is 0.462. The maximum Gasteiger partial charge on any atom is 0.206 e. The maximum absolute atomic E-state index is 10.0. The SMILES string of the molecule is O[C@@H]1CCCC[C@@H]1n1nnc(-c2ccccc2Br)n1. The Kier molecular flexibility index (Phi) is 3.61. The topological polar surface area (TPSA) is 63.8 Å². The van der Waals surface area contributed by atoms with Crippen LogP contribution in [0.2, 0.25) is 0 Å². The van der Waals surface area contributed by atoms with Crippen LogP contribution in [-0.2, 0) is 0 Å². The number of hydrogen-bond donors (Lipinski definition) is 1. The van der Waals surface area contributed by atoms with Crippen LogP contribution in [0.4, 0.5) is 0 Å². The molecule has 5 nitrogen and oxygen atoms in total. The smallest absolute Gasteiger partial charge is 0.206 e. The third kappa shape index (κ3) is 2.55. The summed E-state index contributed by atoms with van der Waals surface area (Å²) in [5.74, 6) is 0.588. The van der Waals surface area contributed by atoms with Gasteiger partial charge in [-0.1, -0.05) is 40.9 Å². The average molecular weight is 323 g/mol. The van der Waals surface area contributed by atoms with Gasteiger partial charge in [0.25, 0.3) is 0 Å². The van der Waals surface area contributed by atoms with Gasteiger partial charge in [-0.3, -0.25) is 0 Å². The number of nitrogens with zero attached hydrogens (tertiary/aromatic N) is 4. The van der Waals surface area contributed by atoms with Crippen LogP contribution in [0.25, 0.3) is 11.4 Å². The lowest BCUT2D eigenvalue weighted by atomic mass is 9.93. The molecule has 100 valence electrons. The van der Waals surface area contributed by atoms with Gasteiger partial charge in [0.1, 0.15) is 0 Å². The van der Waals surface area contributed by atoms with Gasteiger partial charge in [0.05, 0.1) is 12.1 Å². The lowest BCUT2D eigenvalue weighted by molar-refractivity contribution is 0.0614. The highest BCUT2D eigenvalue weighted by atomic mass is 79.9. The number of rotatable bonds is 2. The summed E-state index contributed by atoms with van der Waals surface area (Å²) in [4.78, 5) is 1.57. The Morgan fingerprint density at radius 2 is 2.00 bits per heavy atom. The molecule has 1 aromatic carbocycles. The molecule has 0 amide bonds. The number of aliphatic hydroxyl groups is 1. The molecule has 1 fully saturated rings. The van der Waals surface area contributed by atoms with E-state index in [1.807, 2.05) is 24.3 Å². The van der Waals surface area contributed by atoms with E-state index >= 15 is 0 Å². The number of halogens is 1. The second-order valence-electron chi connectivity index (χ2n) is 4.83. The Balaban J connectivity index is 1.89. The highest BCUT2D eigenvalue weighted by Gasteiger charge is 2.27. The van der Waals surface area contributed by atoms with E-state index in [4.69, 9.17) is 0 Å². The number of aliphatic hydroxyl groups excluding tert-OH is 1. The summed E-state index contributed by atoms with van der Waals surface area (Å²) in [7, 11) is 0. The molecule has 0 bridgehead atoms. The van der Waals surface area contributed by atoms with Gasteiger partial charge in [0, 0.05) is 10.0 Å². The first-order valence-corrected chi connectivity index (χ1v) is 7.27. The van der Waals surface area contributed by atoms with Crippen molar-refractivity contribution in [2.75, 3.05) is 0 Å². The van der Waals surface area contributed by atoms with Crippen LogP contribution in [0, 0.1) is 0 Å². The van der Waals surface area contributed by atoms with Gasteiger partial charge in [-0.05, 0) is 30.2 Å². The minimum Gasteiger partial charge on any atom is -0.391 e. The van der Waals surface area contributed by atoms with Crippen molar-refractivity contribution in [2.45, 2.75) is 37.8 Å². The van der Waals surface area contributed by atoms with Crippen LogP contribution in [-0.4, -0.2) is 31.4 Å².